The zero-order valence-corrected chi connectivity index (χ0v) is 12.7. The molecular weight excluding hydrogens is 299 g/mol. The quantitative estimate of drug-likeness (QED) is 0.409. The molecule has 1 aliphatic carbocycles. The first-order valence-electron chi connectivity index (χ1n) is 5.18. The number of hydrogen-bond acceptors (Lipinski definition) is 0. The molecule has 0 heterocycles. The Balaban J connectivity index is 0.000000963. The molecular formula is C15H11Cl2Ti. The Morgan fingerprint density at radius 3 is 2.11 bits per heavy atom. The summed E-state index contributed by atoms with van der Waals surface area (Å²) in [5, 5.41) is 0. The van der Waals surface area contributed by atoms with Crippen LogP contribution in [0.25, 0.3) is 6.08 Å². The molecule has 0 fully saturated rings. The Morgan fingerprint density at radius 2 is 1.39 bits per heavy atom. The monoisotopic (exact) mass is 309 g/mol. The van der Waals surface area contributed by atoms with Gasteiger partial charge in [0.25, 0.3) is 0 Å². The molecule has 89 valence electrons. The Morgan fingerprint density at radius 1 is 0.778 bits per heavy atom. The molecule has 0 saturated heterocycles. The van der Waals surface area contributed by atoms with E-state index in [-0.39, 0.29) is 46.5 Å². The van der Waals surface area contributed by atoms with E-state index in [1.807, 2.05) is 6.07 Å². The first-order valence-corrected chi connectivity index (χ1v) is 5.18. The standard InChI is InChI=1S/C15H11.2ClH.Ti/c1-2-6-12(7-3-1)15-11-10-13-8-4-5-9-14(13)15;;;/h1-10,15H;2*1H;/q-1;;;+3/p-2. The van der Waals surface area contributed by atoms with Crippen LogP contribution in [0.3, 0.4) is 0 Å². The Kier molecular flexibility index (Phi) is 7.58. The van der Waals surface area contributed by atoms with Crippen molar-refractivity contribution < 1.29 is 46.5 Å². The molecule has 1 unspecified atom stereocenters. The topological polar surface area (TPSA) is 0 Å². The summed E-state index contributed by atoms with van der Waals surface area (Å²) in [5.74, 6) is 0.322. The number of benzene rings is 2. The predicted octanol–water partition coefficient (Wildman–Crippen LogP) is -2.35. The zero-order valence-electron chi connectivity index (χ0n) is 9.61. The Hall–Kier alpha value is -0.526. The van der Waals surface area contributed by atoms with E-state index in [9.17, 15) is 0 Å². The second kappa shape index (κ2) is 7.81. The first kappa shape index (κ1) is 17.5. The van der Waals surface area contributed by atoms with E-state index in [0.717, 1.165) is 0 Å². The zero-order chi connectivity index (χ0) is 10.1. The Bertz CT molecular complexity index is 509. The van der Waals surface area contributed by atoms with Crippen molar-refractivity contribution in [2.45, 2.75) is 5.92 Å². The summed E-state index contributed by atoms with van der Waals surface area (Å²) in [6, 6.07) is 19.0. The van der Waals surface area contributed by atoms with Crippen molar-refractivity contribution in [1.82, 2.24) is 0 Å². The molecule has 0 amide bonds. The van der Waals surface area contributed by atoms with Crippen molar-refractivity contribution in [2.24, 2.45) is 0 Å². The third kappa shape index (κ3) is 3.27. The van der Waals surface area contributed by atoms with Crippen molar-refractivity contribution in [2.75, 3.05) is 0 Å². The minimum Gasteiger partial charge on any atom is -1.00 e. The van der Waals surface area contributed by atoms with E-state index >= 15 is 0 Å². The van der Waals surface area contributed by atoms with Crippen LogP contribution < -0.4 is 24.8 Å². The number of fused-ring (bicyclic) bond motifs is 1. The van der Waals surface area contributed by atoms with Crippen LogP contribution in [0.15, 0.2) is 54.6 Å². The van der Waals surface area contributed by atoms with Crippen molar-refractivity contribution in [3.8, 4) is 0 Å². The van der Waals surface area contributed by atoms with Gasteiger partial charge in [-0.3, -0.25) is 6.08 Å². The largest absolute Gasteiger partial charge is 3.00 e. The number of halogens is 2. The summed E-state index contributed by atoms with van der Waals surface area (Å²) >= 11 is 0. The van der Waals surface area contributed by atoms with Gasteiger partial charge in [0.05, 0.1) is 0 Å². The summed E-state index contributed by atoms with van der Waals surface area (Å²) in [4.78, 5) is 0. The van der Waals surface area contributed by atoms with Crippen LogP contribution in [0.2, 0.25) is 0 Å². The molecule has 2 aromatic rings. The van der Waals surface area contributed by atoms with Crippen molar-refractivity contribution >= 4 is 6.08 Å². The van der Waals surface area contributed by atoms with Gasteiger partial charge >= 0.3 is 21.7 Å². The molecule has 1 atom stereocenters. The molecule has 0 N–H and O–H groups in total. The van der Waals surface area contributed by atoms with Gasteiger partial charge in [0, 0.05) is 0 Å². The van der Waals surface area contributed by atoms with Crippen molar-refractivity contribution in [1.29, 1.82) is 0 Å². The molecule has 3 heteroatoms. The second-order valence-corrected chi connectivity index (χ2v) is 3.78. The predicted molar refractivity (Wildman–Crippen MR) is 62.4 cm³/mol. The smallest absolute Gasteiger partial charge is 1.00 e. The van der Waals surface area contributed by atoms with Gasteiger partial charge in [0.1, 0.15) is 0 Å². The molecule has 0 aliphatic heterocycles. The van der Waals surface area contributed by atoms with Gasteiger partial charge in [0.15, 0.2) is 0 Å². The molecule has 2 aromatic carbocycles. The maximum absolute atomic E-state index is 3.41. The first-order chi connectivity index (χ1) is 7.45. The fourth-order valence-corrected chi connectivity index (χ4v) is 2.09. The third-order valence-electron chi connectivity index (χ3n) is 2.85. The van der Waals surface area contributed by atoms with E-state index in [1.165, 1.54) is 16.7 Å². The fourth-order valence-electron chi connectivity index (χ4n) is 2.09. The average Bonchev–Trinajstić information content (AvgIpc) is 2.74. The maximum Gasteiger partial charge on any atom is 3.00 e. The van der Waals surface area contributed by atoms with Gasteiger partial charge in [-0.05, 0) is 0 Å². The van der Waals surface area contributed by atoms with E-state index in [4.69, 9.17) is 0 Å². The van der Waals surface area contributed by atoms with Gasteiger partial charge in [-0.2, -0.15) is 5.56 Å². The molecule has 3 rings (SSSR count). The van der Waals surface area contributed by atoms with E-state index in [2.05, 4.69) is 60.7 Å². The molecule has 0 nitrogen and oxygen atoms in total. The van der Waals surface area contributed by atoms with Crippen LogP contribution in [-0.4, -0.2) is 0 Å². The molecule has 0 aromatic heterocycles. The molecule has 18 heavy (non-hydrogen) atoms. The number of allylic oxidation sites excluding steroid dienone is 1. The summed E-state index contributed by atoms with van der Waals surface area (Å²) < 4.78 is 0. The minimum atomic E-state index is 0. The van der Waals surface area contributed by atoms with Gasteiger partial charge < -0.3 is 24.8 Å². The van der Waals surface area contributed by atoms with Crippen LogP contribution in [-0.2, 0) is 21.7 Å². The van der Waals surface area contributed by atoms with E-state index in [0.29, 0.717) is 5.92 Å². The molecule has 0 bridgehead atoms. The van der Waals surface area contributed by atoms with E-state index in [1.54, 1.807) is 0 Å². The van der Waals surface area contributed by atoms with Gasteiger partial charge in [-0.15, -0.1) is 11.6 Å². The molecule has 1 aliphatic rings. The van der Waals surface area contributed by atoms with Crippen LogP contribution >= 0.6 is 0 Å². The second-order valence-electron chi connectivity index (χ2n) is 3.78. The average molecular weight is 310 g/mol. The van der Waals surface area contributed by atoms with Gasteiger partial charge in [-0.1, -0.05) is 60.0 Å². The summed E-state index contributed by atoms with van der Waals surface area (Å²) in [6.45, 7) is 0. The maximum atomic E-state index is 3.41. The van der Waals surface area contributed by atoms with E-state index < -0.39 is 0 Å². The van der Waals surface area contributed by atoms with Crippen molar-refractivity contribution in [3.63, 3.8) is 0 Å². The van der Waals surface area contributed by atoms with Crippen LogP contribution in [0.5, 0.6) is 0 Å². The number of rotatable bonds is 1. The number of hydrogen-bond donors (Lipinski definition) is 0. The minimum absolute atomic E-state index is 0. The van der Waals surface area contributed by atoms with Gasteiger partial charge in [0.2, 0.25) is 0 Å². The van der Waals surface area contributed by atoms with Crippen LogP contribution in [0, 0.1) is 6.08 Å². The molecule has 1 radical (unpaired) electrons. The van der Waals surface area contributed by atoms with Crippen LogP contribution in [0.4, 0.5) is 0 Å². The summed E-state index contributed by atoms with van der Waals surface area (Å²) in [7, 11) is 0. The molecule has 0 spiro atoms. The summed E-state index contributed by atoms with van der Waals surface area (Å²) in [5.41, 5.74) is 3.98. The Labute approximate surface area is 135 Å². The normalized spacial score (nSPS) is 14.8. The third-order valence-corrected chi connectivity index (χ3v) is 2.85. The van der Waals surface area contributed by atoms with Gasteiger partial charge in [-0.25, -0.2) is 6.08 Å². The van der Waals surface area contributed by atoms with Crippen molar-refractivity contribution in [3.05, 3.63) is 77.4 Å². The fraction of sp³-hybridized carbons (Fsp3) is 0.0667. The molecule has 0 saturated carbocycles. The SMILES string of the molecule is [C-]1=Cc2ccccc2C1c1ccccc1.[Cl-].[Cl-].[Ti+3]. The summed E-state index contributed by atoms with van der Waals surface area (Å²) in [6.07, 6.45) is 5.50. The van der Waals surface area contributed by atoms with Crippen LogP contribution in [0.1, 0.15) is 22.6 Å².